The molecule has 2 rings (SSSR count). The number of amides is 2. The molecule has 1 aliphatic carbocycles. The smallest absolute Gasteiger partial charge is 0.244 e. The molecule has 0 fully saturated rings. The molecule has 0 saturated carbocycles. The number of benzene rings is 1. The van der Waals surface area contributed by atoms with Crippen LogP contribution in [0.5, 0.6) is 0 Å². The van der Waals surface area contributed by atoms with E-state index in [0.29, 0.717) is 5.56 Å². The van der Waals surface area contributed by atoms with Crippen molar-refractivity contribution in [3.05, 3.63) is 59.4 Å². The van der Waals surface area contributed by atoms with Crippen molar-refractivity contribution >= 4 is 11.8 Å². The minimum absolute atomic E-state index is 0.0393. The zero-order valence-electron chi connectivity index (χ0n) is 10.1. The second kappa shape index (κ2) is 4.68. The van der Waals surface area contributed by atoms with Gasteiger partial charge in [0, 0.05) is 5.57 Å². The van der Waals surface area contributed by atoms with Crippen molar-refractivity contribution in [1.29, 1.82) is 0 Å². The predicted molar refractivity (Wildman–Crippen MR) is 68.3 cm³/mol. The molecule has 0 spiro atoms. The highest BCUT2D eigenvalue weighted by atomic mass is 19.1. The van der Waals surface area contributed by atoms with Crippen LogP contribution in [0.3, 0.4) is 0 Å². The Hall–Kier alpha value is -2.43. The first-order valence-electron chi connectivity index (χ1n) is 5.70. The lowest BCUT2D eigenvalue weighted by atomic mass is 9.72. The number of halogens is 1. The summed E-state index contributed by atoms with van der Waals surface area (Å²) in [6.45, 7) is 0. The van der Waals surface area contributed by atoms with E-state index in [-0.39, 0.29) is 12.0 Å². The maximum Gasteiger partial charge on any atom is 0.244 e. The number of carbonyl (C=O) groups excluding carboxylic acids is 2. The second-order valence-corrected chi connectivity index (χ2v) is 4.44. The summed E-state index contributed by atoms with van der Waals surface area (Å²) in [4.78, 5) is 23.1. The lowest BCUT2D eigenvalue weighted by molar-refractivity contribution is -0.122. The maximum absolute atomic E-state index is 13.3. The number of rotatable bonds is 3. The molecule has 5 heteroatoms. The van der Waals surface area contributed by atoms with Crippen molar-refractivity contribution in [2.75, 3.05) is 0 Å². The number of nitrogens with two attached hydrogens (primary N) is 2. The van der Waals surface area contributed by atoms with Crippen LogP contribution in [0.25, 0.3) is 0 Å². The molecule has 0 aliphatic heterocycles. The zero-order valence-corrected chi connectivity index (χ0v) is 10.1. The summed E-state index contributed by atoms with van der Waals surface area (Å²) in [6, 6.07) is 5.60. The molecular weight excluding hydrogens is 247 g/mol. The zero-order chi connectivity index (χ0) is 14.0. The molecule has 2 amide bonds. The fourth-order valence-electron chi connectivity index (χ4n) is 2.19. The number of primary amides is 2. The van der Waals surface area contributed by atoms with Gasteiger partial charge in [-0.2, -0.15) is 0 Å². The van der Waals surface area contributed by atoms with E-state index >= 15 is 0 Å². The van der Waals surface area contributed by atoms with Gasteiger partial charge in [0.15, 0.2) is 0 Å². The third-order valence-corrected chi connectivity index (χ3v) is 3.24. The van der Waals surface area contributed by atoms with Gasteiger partial charge in [-0.05, 0) is 24.1 Å². The fraction of sp³-hybridized carbons (Fsp3) is 0.143. The van der Waals surface area contributed by atoms with E-state index < -0.39 is 23.0 Å². The normalized spacial score (nSPS) is 21.8. The molecule has 98 valence electrons. The first kappa shape index (κ1) is 13.0. The Morgan fingerprint density at radius 2 is 2.00 bits per heavy atom. The molecule has 4 nitrogen and oxygen atoms in total. The van der Waals surface area contributed by atoms with E-state index in [0.717, 1.165) is 0 Å². The van der Waals surface area contributed by atoms with E-state index in [4.69, 9.17) is 11.5 Å². The van der Waals surface area contributed by atoms with Crippen LogP contribution in [-0.2, 0) is 15.0 Å². The van der Waals surface area contributed by atoms with Gasteiger partial charge in [0.05, 0.1) is 5.41 Å². The average Bonchev–Trinajstić information content (AvgIpc) is 2.38. The van der Waals surface area contributed by atoms with Gasteiger partial charge < -0.3 is 11.5 Å². The lowest BCUT2D eigenvalue weighted by Crippen LogP contribution is -2.42. The van der Waals surface area contributed by atoms with Crippen LogP contribution in [0, 0.1) is 5.82 Å². The first-order valence-corrected chi connectivity index (χ1v) is 5.70. The summed E-state index contributed by atoms with van der Waals surface area (Å²) >= 11 is 0. The monoisotopic (exact) mass is 260 g/mol. The van der Waals surface area contributed by atoms with Crippen molar-refractivity contribution in [3.8, 4) is 0 Å². The molecule has 0 radical (unpaired) electrons. The van der Waals surface area contributed by atoms with Crippen LogP contribution in [-0.4, -0.2) is 11.8 Å². The van der Waals surface area contributed by atoms with Gasteiger partial charge in [-0.15, -0.1) is 0 Å². The second-order valence-electron chi connectivity index (χ2n) is 4.44. The third kappa shape index (κ3) is 2.27. The van der Waals surface area contributed by atoms with Gasteiger partial charge in [0.1, 0.15) is 5.82 Å². The largest absolute Gasteiger partial charge is 0.369 e. The Kier molecular flexibility index (Phi) is 3.21. The van der Waals surface area contributed by atoms with Crippen molar-refractivity contribution in [1.82, 2.24) is 0 Å². The predicted octanol–water partition coefficient (Wildman–Crippen LogP) is 0.920. The maximum atomic E-state index is 13.3. The Balaban J connectivity index is 2.53. The molecule has 0 aromatic heterocycles. The number of allylic oxidation sites excluding steroid dienone is 2. The Morgan fingerprint density at radius 3 is 2.58 bits per heavy atom. The molecule has 1 atom stereocenters. The Bertz CT molecular complexity index is 607. The molecular formula is C14H13FN2O2. The quantitative estimate of drug-likeness (QED) is 0.846. The van der Waals surface area contributed by atoms with E-state index in [1.54, 1.807) is 18.2 Å². The van der Waals surface area contributed by atoms with Gasteiger partial charge in [0.25, 0.3) is 0 Å². The number of hydrogen-bond donors (Lipinski definition) is 2. The average molecular weight is 260 g/mol. The lowest BCUT2D eigenvalue weighted by Gasteiger charge is -2.30. The van der Waals surface area contributed by atoms with Gasteiger partial charge in [-0.3, -0.25) is 9.59 Å². The van der Waals surface area contributed by atoms with Gasteiger partial charge in [-0.25, -0.2) is 4.39 Å². The molecule has 1 unspecified atom stereocenters. The molecule has 0 heterocycles. The van der Waals surface area contributed by atoms with Crippen LogP contribution in [0.1, 0.15) is 12.0 Å². The molecule has 0 bridgehead atoms. The van der Waals surface area contributed by atoms with Crippen molar-refractivity contribution in [2.24, 2.45) is 11.5 Å². The standard InChI is InChI=1S/C14H13FN2O2/c15-11-5-1-4-10(7-11)14(13(17)19)6-2-3-9(8-14)12(16)18/h1-7H,8H2,(H2,16,18)(H2,17,19). The minimum atomic E-state index is -1.23. The van der Waals surface area contributed by atoms with E-state index in [1.807, 2.05) is 0 Å². The van der Waals surface area contributed by atoms with E-state index in [1.165, 1.54) is 24.3 Å². The summed E-state index contributed by atoms with van der Waals surface area (Å²) in [6.07, 6.45) is 4.68. The SMILES string of the molecule is NC(=O)C1=CC=CC(C(N)=O)(c2cccc(F)c2)C1. The van der Waals surface area contributed by atoms with Crippen molar-refractivity contribution in [2.45, 2.75) is 11.8 Å². The van der Waals surface area contributed by atoms with Crippen LogP contribution in [0.15, 0.2) is 48.1 Å². The van der Waals surface area contributed by atoms with Crippen LogP contribution < -0.4 is 11.5 Å². The highest BCUT2D eigenvalue weighted by molar-refractivity contribution is 5.97. The summed E-state index contributed by atoms with van der Waals surface area (Å²) in [5.41, 5.74) is 10.1. The Morgan fingerprint density at radius 1 is 1.26 bits per heavy atom. The highest BCUT2D eigenvalue weighted by Gasteiger charge is 2.39. The Labute approximate surface area is 109 Å². The molecule has 1 aromatic rings. The first-order chi connectivity index (χ1) is 8.95. The third-order valence-electron chi connectivity index (χ3n) is 3.24. The summed E-state index contributed by atoms with van der Waals surface area (Å²) in [7, 11) is 0. The van der Waals surface area contributed by atoms with Crippen LogP contribution in [0.4, 0.5) is 4.39 Å². The summed E-state index contributed by atoms with van der Waals surface area (Å²) in [5.74, 6) is -1.74. The van der Waals surface area contributed by atoms with Crippen LogP contribution >= 0.6 is 0 Å². The van der Waals surface area contributed by atoms with E-state index in [9.17, 15) is 14.0 Å². The highest BCUT2D eigenvalue weighted by Crippen LogP contribution is 2.35. The van der Waals surface area contributed by atoms with Crippen LogP contribution in [0.2, 0.25) is 0 Å². The molecule has 0 saturated heterocycles. The van der Waals surface area contributed by atoms with Gasteiger partial charge in [0.2, 0.25) is 11.8 Å². The minimum Gasteiger partial charge on any atom is -0.369 e. The number of hydrogen-bond acceptors (Lipinski definition) is 2. The van der Waals surface area contributed by atoms with E-state index in [2.05, 4.69) is 0 Å². The molecule has 4 N–H and O–H groups in total. The van der Waals surface area contributed by atoms with Crippen molar-refractivity contribution < 1.29 is 14.0 Å². The molecule has 1 aliphatic rings. The topological polar surface area (TPSA) is 86.2 Å². The summed E-state index contributed by atoms with van der Waals surface area (Å²) < 4.78 is 13.3. The van der Waals surface area contributed by atoms with Gasteiger partial charge in [-0.1, -0.05) is 30.4 Å². The number of carbonyl (C=O) groups is 2. The molecule has 19 heavy (non-hydrogen) atoms. The van der Waals surface area contributed by atoms with Gasteiger partial charge >= 0.3 is 0 Å². The fourth-order valence-corrected chi connectivity index (χ4v) is 2.19. The summed E-state index contributed by atoms with van der Waals surface area (Å²) in [5, 5.41) is 0. The molecule has 1 aromatic carbocycles. The van der Waals surface area contributed by atoms with Crippen molar-refractivity contribution in [3.63, 3.8) is 0 Å².